The predicted molar refractivity (Wildman–Crippen MR) is 110 cm³/mol. The Kier molecular flexibility index (Phi) is 4.65. The van der Waals surface area contributed by atoms with Crippen molar-refractivity contribution in [2.75, 3.05) is 9.62 Å². The first-order valence-corrected chi connectivity index (χ1v) is 11.2. The molecule has 7 heteroatoms. The summed E-state index contributed by atoms with van der Waals surface area (Å²) in [5.74, 6) is 0.324. The van der Waals surface area contributed by atoms with Gasteiger partial charge < -0.3 is 4.90 Å². The molecule has 27 heavy (non-hydrogen) atoms. The molecule has 1 aliphatic heterocycles. The smallest absolute Gasteiger partial charge is 0.272 e. The van der Waals surface area contributed by atoms with Crippen LogP contribution < -0.4 is 9.62 Å². The number of thiophene rings is 1. The molecule has 0 fully saturated rings. The lowest BCUT2D eigenvalue weighted by atomic mass is 10.1. The van der Waals surface area contributed by atoms with Crippen molar-refractivity contribution in [1.82, 2.24) is 4.98 Å². The number of fused-ring (bicyclic) bond motifs is 1. The number of benzene rings is 1. The molecule has 4 rings (SSSR count). The quantitative estimate of drug-likeness (QED) is 0.682. The molecule has 2 aromatic heterocycles. The number of hydrogen-bond donors (Lipinski definition) is 1. The van der Waals surface area contributed by atoms with Gasteiger partial charge in [0.25, 0.3) is 10.0 Å². The van der Waals surface area contributed by atoms with E-state index < -0.39 is 10.0 Å². The molecule has 3 heterocycles. The molecule has 3 aromatic rings. The number of aromatic nitrogens is 1. The van der Waals surface area contributed by atoms with Gasteiger partial charge in [-0.05, 0) is 55.7 Å². The van der Waals surface area contributed by atoms with Crippen LogP contribution in [-0.2, 0) is 22.9 Å². The monoisotopic (exact) mass is 399 g/mol. The lowest BCUT2D eigenvalue weighted by Gasteiger charge is -2.24. The van der Waals surface area contributed by atoms with Crippen LogP contribution in [0, 0.1) is 0 Å². The van der Waals surface area contributed by atoms with Gasteiger partial charge in [-0.3, -0.25) is 4.72 Å². The molecule has 0 saturated carbocycles. The second kappa shape index (κ2) is 6.98. The zero-order valence-corrected chi connectivity index (χ0v) is 16.8. The number of para-hydroxylation sites is 1. The number of sulfonamides is 1. The summed E-state index contributed by atoms with van der Waals surface area (Å²) in [5, 5.41) is 0. The molecule has 0 spiro atoms. The number of aryl methyl sites for hydroxylation is 1. The minimum Gasteiger partial charge on any atom is -0.337 e. The fraction of sp³-hybridized carbons (Fsp3) is 0.250. The lowest BCUT2D eigenvalue weighted by molar-refractivity contribution is 0.603. The van der Waals surface area contributed by atoms with E-state index in [0.29, 0.717) is 16.1 Å². The van der Waals surface area contributed by atoms with Crippen LogP contribution in [0.5, 0.6) is 0 Å². The van der Waals surface area contributed by atoms with Crippen LogP contribution in [0.1, 0.15) is 24.3 Å². The van der Waals surface area contributed by atoms with E-state index in [9.17, 15) is 8.42 Å². The summed E-state index contributed by atoms with van der Waals surface area (Å²) in [7, 11) is -3.60. The average Bonchev–Trinajstić information content (AvgIpc) is 3.26. The van der Waals surface area contributed by atoms with Crippen molar-refractivity contribution in [2.45, 2.75) is 36.9 Å². The molecule has 1 N–H and O–H groups in total. The van der Waals surface area contributed by atoms with Crippen LogP contribution in [-0.4, -0.2) is 19.4 Å². The Balaban J connectivity index is 1.56. The van der Waals surface area contributed by atoms with Crippen molar-refractivity contribution in [3.63, 3.8) is 0 Å². The topological polar surface area (TPSA) is 62.3 Å². The van der Waals surface area contributed by atoms with Crippen LogP contribution in [0.25, 0.3) is 0 Å². The molecule has 0 aliphatic carbocycles. The number of anilines is 3. The Bertz CT molecular complexity index is 1060. The Morgan fingerprint density at radius 1 is 1.19 bits per heavy atom. The Labute approximate surface area is 163 Å². The second-order valence-electron chi connectivity index (χ2n) is 6.63. The maximum absolute atomic E-state index is 12.5. The van der Waals surface area contributed by atoms with E-state index in [1.165, 1.54) is 22.6 Å². The van der Waals surface area contributed by atoms with Crippen molar-refractivity contribution in [3.05, 3.63) is 65.2 Å². The van der Waals surface area contributed by atoms with E-state index in [1.54, 1.807) is 18.3 Å². The summed E-state index contributed by atoms with van der Waals surface area (Å²) >= 11 is 1.29. The molecule has 1 unspecified atom stereocenters. The van der Waals surface area contributed by atoms with E-state index in [2.05, 4.69) is 39.7 Å². The van der Waals surface area contributed by atoms with Crippen LogP contribution in [0.3, 0.4) is 0 Å². The summed E-state index contributed by atoms with van der Waals surface area (Å²) in [6, 6.07) is 15.8. The largest absolute Gasteiger partial charge is 0.337 e. The summed E-state index contributed by atoms with van der Waals surface area (Å²) in [5.41, 5.74) is 3.46. The maximum atomic E-state index is 12.5. The zero-order valence-electron chi connectivity index (χ0n) is 15.2. The minimum atomic E-state index is -3.60. The van der Waals surface area contributed by atoms with Gasteiger partial charge in [0.1, 0.15) is 10.0 Å². The Hall–Kier alpha value is -2.38. The zero-order chi connectivity index (χ0) is 19.0. The van der Waals surface area contributed by atoms with Gasteiger partial charge in [0.05, 0.1) is 11.9 Å². The summed E-state index contributed by atoms with van der Waals surface area (Å²) in [4.78, 5) is 7.63. The summed E-state index contributed by atoms with van der Waals surface area (Å²) in [6.07, 6.45) is 3.54. The van der Waals surface area contributed by atoms with Crippen LogP contribution in [0.2, 0.25) is 0 Å². The molecule has 140 valence electrons. The molecule has 0 amide bonds. The SMILES string of the molecule is CCc1ccc(S(=O)(=O)Nc2ccc(N3c4ccccc4CC3C)cn2)s1. The van der Waals surface area contributed by atoms with Crippen molar-refractivity contribution in [1.29, 1.82) is 0 Å². The fourth-order valence-electron chi connectivity index (χ4n) is 3.43. The van der Waals surface area contributed by atoms with Gasteiger partial charge in [-0.1, -0.05) is 25.1 Å². The Morgan fingerprint density at radius 3 is 2.70 bits per heavy atom. The highest BCUT2D eigenvalue weighted by Gasteiger charge is 2.27. The van der Waals surface area contributed by atoms with Crippen LogP contribution in [0.15, 0.2) is 58.9 Å². The van der Waals surface area contributed by atoms with Gasteiger partial charge >= 0.3 is 0 Å². The first-order valence-electron chi connectivity index (χ1n) is 8.92. The second-order valence-corrected chi connectivity index (χ2v) is 9.71. The van der Waals surface area contributed by atoms with Crippen molar-refractivity contribution in [3.8, 4) is 0 Å². The van der Waals surface area contributed by atoms with Gasteiger partial charge in [0, 0.05) is 16.6 Å². The van der Waals surface area contributed by atoms with Gasteiger partial charge in [0.2, 0.25) is 0 Å². The Morgan fingerprint density at radius 2 is 2.00 bits per heavy atom. The number of nitrogens with zero attached hydrogens (tertiary/aromatic N) is 2. The average molecular weight is 400 g/mol. The molecule has 1 aliphatic rings. The highest BCUT2D eigenvalue weighted by atomic mass is 32.2. The lowest BCUT2D eigenvalue weighted by Crippen LogP contribution is -2.24. The van der Waals surface area contributed by atoms with Gasteiger partial charge in [0.15, 0.2) is 0 Å². The van der Waals surface area contributed by atoms with Gasteiger partial charge in [-0.15, -0.1) is 11.3 Å². The minimum absolute atomic E-state index is 0.312. The molecule has 0 saturated heterocycles. The highest BCUT2D eigenvalue weighted by Crippen LogP contribution is 2.38. The third-order valence-electron chi connectivity index (χ3n) is 4.72. The first-order chi connectivity index (χ1) is 13.0. The third-order valence-corrected chi connectivity index (χ3v) is 7.80. The molecule has 5 nitrogen and oxygen atoms in total. The molecular weight excluding hydrogens is 378 g/mol. The van der Waals surface area contributed by atoms with Crippen LogP contribution >= 0.6 is 11.3 Å². The van der Waals surface area contributed by atoms with E-state index >= 15 is 0 Å². The number of hydrogen-bond acceptors (Lipinski definition) is 5. The summed E-state index contributed by atoms with van der Waals surface area (Å²) < 4.78 is 28.0. The number of nitrogens with one attached hydrogen (secondary N) is 1. The van der Waals surface area contributed by atoms with Crippen molar-refractivity contribution < 1.29 is 8.42 Å². The molecule has 1 atom stereocenters. The highest BCUT2D eigenvalue weighted by molar-refractivity contribution is 7.94. The van der Waals surface area contributed by atoms with E-state index in [0.717, 1.165) is 23.4 Å². The van der Waals surface area contributed by atoms with E-state index in [1.807, 2.05) is 25.1 Å². The summed E-state index contributed by atoms with van der Waals surface area (Å²) in [6.45, 7) is 4.19. The first kappa shape index (κ1) is 18.0. The molecule has 1 aromatic carbocycles. The van der Waals surface area contributed by atoms with Gasteiger partial charge in [-0.2, -0.15) is 0 Å². The van der Waals surface area contributed by atoms with Crippen molar-refractivity contribution in [2.24, 2.45) is 0 Å². The van der Waals surface area contributed by atoms with Crippen molar-refractivity contribution >= 4 is 38.6 Å². The number of rotatable bonds is 5. The van der Waals surface area contributed by atoms with Gasteiger partial charge in [-0.25, -0.2) is 13.4 Å². The molecule has 0 radical (unpaired) electrons. The number of pyridine rings is 1. The molecule has 0 bridgehead atoms. The standard InChI is InChI=1S/C20H21N3O2S2/c1-3-17-9-11-20(26-17)27(24,25)22-19-10-8-16(13-21-19)23-14(2)12-15-6-4-5-7-18(15)23/h4-11,13-14H,3,12H2,1-2H3,(H,21,22). The maximum Gasteiger partial charge on any atom is 0.272 e. The van der Waals surface area contributed by atoms with E-state index in [-0.39, 0.29) is 0 Å². The fourth-order valence-corrected chi connectivity index (χ4v) is 5.73. The third kappa shape index (κ3) is 3.44. The molecular formula is C20H21N3O2S2. The van der Waals surface area contributed by atoms with Crippen LogP contribution in [0.4, 0.5) is 17.2 Å². The van der Waals surface area contributed by atoms with E-state index in [4.69, 9.17) is 0 Å². The predicted octanol–water partition coefficient (Wildman–Crippen LogP) is 4.59. The normalized spacial score (nSPS) is 16.4.